The van der Waals surface area contributed by atoms with Crippen LogP contribution in [0.1, 0.15) is 0 Å². The van der Waals surface area contributed by atoms with Gasteiger partial charge in [-0.15, -0.1) is 22.0 Å². The van der Waals surface area contributed by atoms with Crippen molar-refractivity contribution in [3.8, 4) is 17.3 Å². The SMILES string of the molecule is CSc1ccc(-c2ccc(NCC#N)nn2)cc1. The molecule has 0 spiro atoms. The van der Waals surface area contributed by atoms with Crippen molar-refractivity contribution in [2.45, 2.75) is 4.90 Å². The summed E-state index contributed by atoms with van der Waals surface area (Å²) in [6, 6.07) is 13.9. The summed E-state index contributed by atoms with van der Waals surface area (Å²) in [4.78, 5) is 1.22. The molecule has 0 aliphatic carbocycles. The van der Waals surface area contributed by atoms with Gasteiger partial charge in [0.2, 0.25) is 0 Å². The van der Waals surface area contributed by atoms with Crippen LogP contribution in [0.15, 0.2) is 41.3 Å². The highest BCUT2D eigenvalue weighted by Crippen LogP contribution is 2.21. The van der Waals surface area contributed by atoms with E-state index in [1.165, 1.54) is 4.90 Å². The summed E-state index contributed by atoms with van der Waals surface area (Å²) in [6.45, 7) is 0.233. The summed E-state index contributed by atoms with van der Waals surface area (Å²) in [5.74, 6) is 0.612. The van der Waals surface area contributed by atoms with Crippen LogP contribution in [0.5, 0.6) is 0 Å². The molecule has 0 unspecified atom stereocenters. The number of nitriles is 1. The van der Waals surface area contributed by atoms with Crippen molar-refractivity contribution in [3.05, 3.63) is 36.4 Å². The van der Waals surface area contributed by atoms with Gasteiger partial charge in [0.15, 0.2) is 0 Å². The van der Waals surface area contributed by atoms with Crippen LogP contribution < -0.4 is 5.32 Å². The van der Waals surface area contributed by atoms with Crippen LogP contribution in [-0.4, -0.2) is 23.0 Å². The second kappa shape index (κ2) is 6.03. The molecule has 0 bridgehead atoms. The second-order valence-electron chi connectivity index (χ2n) is 3.54. The molecule has 0 fully saturated rings. The number of thioether (sulfide) groups is 1. The first-order valence-corrected chi connectivity index (χ1v) is 6.65. The third kappa shape index (κ3) is 2.99. The second-order valence-corrected chi connectivity index (χ2v) is 4.42. The summed E-state index contributed by atoms with van der Waals surface area (Å²) in [6.07, 6.45) is 2.05. The maximum Gasteiger partial charge on any atom is 0.149 e. The summed E-state index contributed by atoms with van der Waals surface area (Å²) in [5.41, 5.74) is 1.86. The fourth-order valence-corrected chi connectivity index (χ4v) is 1.88. The number of anilines is 1. The summed E-state index contributed by atoms with van der Waals surface area (Å²) in [7, 11) is 0. The van der Waals surface area contributed by atoms with E-state index in [-0.39, 0.29) is 6.54 Å². The summed E-state index contributed by atoms with van der Waals surface area (Å²) >= 11 is 1.71. The van der Waals surface area contributed by atoms with Crippen molar-refractivity contribution in [2.24, 2.45) is 0 Å². The Morgan fingerprint density at radius 3 is 2.50 bits per heavy atom. The van der Waals surface area contributed by atoms with Crippen molar-refractivity contribution in [3.63, 3.8) is 0 Å². The largest absolute Gasteiger partial charge is 0.356 e. The third-order valence-corrected chi connectivity index (χ3v) is 3.14. The van der Waals surface area contributed by atoms with E-state index in [0.717, 1.165) is 11.3 Å². The Morgan fingerprint density at radius 1 is 1.17 bits per heavy atom. The van der Waals surface area contributed by atoms with Gasteiger partial charge in [-0.2, -0.15) is 5.26 Å². The molecule has 1 heterocycles. The predicted molar refractivity (Wildman–Crippen MR) is 73.4 cm³/mol. The average molecular weight is 256 g/mol. The van der Waals surface area contributed by atoms with Gasteiger partial charge in [-0.25, -0.2) is 0 Å². The van der Waals surface area contributed by atoms with E-state index >= 15 is 0 Å². The lowest BCUT2D eigenvalue weighted by Crippen LogP contribution is -2.01. The maximum atomic E-state index is 8.45. The topological polar surface area (TPSA) is 61.6 Å². The van der Waals surface area contributed by atoms with E-state index in [1.54, 1.807) is 11.8 Å². The van der Waals surface area contributed by atoms with Gasteiger partial charge >= 0.3 is 0 Å². The quantitative estimate of drug-likeness (QED) is 0.673. The molecule has 5 heteroatoms. The molecule has 0 amide bonds. The minimum atomic E-state index is 0.233. The molecule has 0 aliphatic heterocycles. The van der Waals surface area contributed by atoms with Crippen LogP contribution in [-0.2, 0) is 0 Å². The van der Waals surface area contributed by atoms with E-state index in [9.17, 15) is 0 Å². The molecule has 1 N–H and O–H groups in total. The van der Waals surface area contributed by atoms with Crippen molar-refractivity contribution in [1.82, 2.24) is 10.2 Å². The highest BCUT2D eigenvalue weighted by Gasteiger charge is 2.01. The molecular formula is C13H12N4S. The molecule has 0 atom stereocenters. The number of rotatable bonds is 4. The van der Waals surface area contributed by atoms with E-state index in [1.807, 2.05) is 36.6 Å². The van der Waals surface area contributed by atoms with Crippen LogP contribution in [0.4, 0.5) is 5.82 Å². The van der Waals surface area contributed by atoms with E-state index in [2.05, 4.69) is 27.6 Å². The minimum Gasteiger partial charge on any atom is -0.356 e. The Balaban J connectivity index is 2.15. The molecule has 2 rings (SSSR count). The van der Waals surface area contributed by atoms with E-state index in [0.29, 0.717) is 5.82 Å². The Bertz CT molecular complexity index is 543. The molecule has 0 aliphatic rings. The lowest BCUT2D eigenvalue weighted by Gasteiger charge is -2.03. The zero-order valence-electron chi connectivity index (χ0n) is 9.92. The van der Waals surface area contributed by atoms with Gasteiger partial charge < -0.3 is 5.32 Å². The Labute approximate surface area is 110 Å². The zero-order chi connectivity index (χ0) is 12.8. The molecule has 0 radical (unpaired) electrons. The first-order chi connectivity index (χ1) is 8.83. The number of hydrogen-bond donors (Lipinski definition) is 1. The van der Waals surface area contributed by atoms with Crippen molar-refractivity contribution >= 4 is 17.6 Å². The van der Waals surface area contributed by atoms with E-state index < -0.39 is 0 Å². The average Bonchev–Trinajstić information content (AvgIpc) is 2.46. The van der Waals surface area contributed by atoms with Crippen molar-refractivity contribution < 1.29 is 0 Å². The van der Waals surface area contributed by atoms with Crippen LogP contribution in [0.3, 0.4) is 0 Å². The molecular weight excluding hydrogens is 244 g/mol. The fraction of sp³-hybridized carbons (Fsp3) is 0.154. The minimum absolute atomic E-state index is 0.233. The van der Waals surface area contributed by atoms with Crippen molar-refractivity contribution in [2.75, 3.05) is 18.1 Å². The van der Waals surface area contributed by atoms with Crippen LogP contribution in [0.25, 0.3) is 11.3 Å². The third-order valence-electron chi connectivity index (χ3n) is 2.40. The Hall–Kier alpha value is -2.06. The molecule has 90 valence electrons. The highest BCUT2D eigenvalue weighted by atomic mass is 32.2. The van der Waals surface area contributed by atoms with Gasteiger partial charge in [-0.05, 0) is 30.5 Å². The van der Waals surface area contributed by atoms with Crippen LogP contribution in [0, 0.1) is 11.3 Å². The predicted octanol–water partition coefficient (Wildman–Crippen LogP) is 2.80. The Kier molecular flexibility index (Phi) is 4.15. The summed E-state index contributed by atoms with van der Waals surface area (Å²) < 4.78 is 0. The number of aromatic nitrogens is 2. The normalized spacial score (nSPS) is 9.78. The smallest absolute Gasteiger partial charge is 0.149 e. The van der Waals surface area contributed by atoms with Gasteiger partial charge in [0, 0.05) is 10.5 Å². The summed E-state index contributed by atoms with van der Waals surface area (Å²) in [5, 5.41) is 19.4. The molecule has 4 nitrogen and oxygen atoms in total. The fourth-order valence-electron chi connectivity index (χ4n) is 1.47. The highest BCUT2D eigenvalue weighted by molar-refractivity contribution is 7.98. The molecule has 2 aromatic rings. The first-order valence-electron chi connectivity index (χ1n) is 5.42. The van der Waals surface area contributed by atoms with Crippen LogP contribution in [0.2, 0.25) is 0 Å². The lowest BCUT2D eigenvalue weighted by molar-refractivity contribution is 1.03. The van der Waals surface area contributed by atoms with Crippen molar-refractivity contribution in [1.29, 1.82) is 5.26 Å². The van der Waals surface area contributed by atoms with Gasteiger partial charge in [-0.3, -0.25) is 0 Å². The number of nitrogens with zero attached hydrogens (tertiary/aromatic N) is 3. The lowest BCUT2D eigenvalue weighted by atomic mass is 10.1. The number of benzene rings is 1. The molecule has 0 saturated heterocycles. The molecule has 0 saturated carbocycles. The maximum absolute atomic E-state index is 8.45. The van der Waals surface area contributed by atoms with Crippen LogP contribution >= 0.6 is 11.8 Å². The molecule has 1 aromatic carbocycles. The number of nitrogens with one attached hydrogen (secondary N) is 1. The Morgan fingerprint density at radius 2 is 1.94 bits per heavy atom. The van der Waals surface area contributed by atoms with Gasteiger partial charge in [0.25, 0.3) is 0 Å². The van der Waals surface area contributed by atoms with Gasteiger partial charge in [-0.1, -0.05) is 12.1 Å². The van der Waals surface area contributed by atoms with E-state index in [4.69, 9.17) is 5.26 Å². The molecule has 18 heavy (non-hydrogen) atoms. The van der Waals surface area contributed by atoms with Gasteiger partial charge in [0.1, 0.15) is 12.4 Å². The first kappa shape index (κ1) is 12.4. The standard InChI is InChI=1S/C13H12N4S/c1-18-11-4-2-10(3-5-11)12-6-7-13(17-16-12)15-9-8-14/h2-7H,9H2,1H3,(H,15,17). The zero-order valence-corrected chi connectivity index (χ0v) is 10.7. The molecule has 1 aromatic heterocycles. The monoisotopic (exact) mass is 256 g/mol. The number of hydrogen-bond acceptors (Lipinski definition) is 5. The van der Waals surface area contributed by atoms with Gasteiger partial charge in [0.05, 0.1) is 11.8 Å².